The van der Waals surface area contributed by atoms with Gasteiger partial charge in [0.25, 0.3) is 0 Å². The van der Waals surface area contributed by atoms with Gasteiger partial charge in [0.2, 0.25) is 0 Å². The van der Waals surface area contributed by atoms with Crippen molar-refractivity contribution in [2.45, 2.75) is 37.8 Å². The van der Waals surface area contributed by atoms with Crippen LogP contribution in [0.5, 0.6) is 0 Å². The lowest BCUT2D eigenvalue weighted by Crippen LogP contribution is -2.42. The minimum atomic E-state index is 0.395. The van der Waals surface area contributed by atoms with Crippen LogP contribution in [0.1, 0.15) is 31.4 Å². The molecule has 0 saturated carbocycles. The number of fused-ring (bicyclic) bond motifs is 1. The third-order valence-corrected chi connectivity index (χ3v) is 3.98. The van der Waals surface area contributed by atoms with Gasteiger partial charge in [-0.05, 0) is 25.8 Å². The van der Waals surface area contributed by atoms with Crippen LogP contribution in [0, 0.1) is 11.3 Å². The van der Waals surface area contributed by atoms with Gasteiger partial charge in [0, 0.05) is 31.0 Å². The number of anilines is 1. The fourth-order valence-electron chi connectivity index (χ4n) is 3.12. The Morgan fingerprint density at radius 2 is 2.11 bits per heavy atom. The molecular formula is C13H17N5. The Hall–Kier alpha value is -1.67. The van der Waals surface area contributed by atoms with Crippen molar-refractivity contribution < 1.29 is 0 Å². The van der Waals surface area contributed by atoms with E-state index in [1.54, 1.807) is 12.4 Å². The minimum Gasteiger partial charge on any atom is -0.363 e. The molecule has 0 amide bonds. The maximum absolute atomic E-state index is 9.02. The number of rotatable bonds is 2. The van der Waals surface area contributed by atoms with Crippen LogP contribution >= 0.6 is 0 Å². The Labute approximate surface area is 107 Å². The Bertz CT molecular complexity index is 467. The molecule has 2 unspecified atom stereocenters. The molecule has 2 aliphatic heterocycles. The zero-order valence-corrected chi connectivity index (χ0v) is 10.3. The second-order valence-electron chi connectivity index (χ2n) is 5.00. The monoisotopic (exact) mass is 243 g/mol. The van der Waals surface area contributed by atoms with Crippen LogP contribution in [0.25, 0.3) is 0 Å². The summed E-state index contributed by atoms with van der Waals surface area (Å²) in [5.74, 6) is 0.637. The molecule has 1 aromatic heterocycles. The zero-order valence-electron chi connectivity index (χ0n) is 10.3. The van der Waals surface area contributed by atoms with Crippen molar-refractivity contribution in [2.75, 3.05) is 18.4 Å². The Balaban J connectivity index is 1.75. The summed E-state index contributed by atoms with van der Waals surface area (Å²) in [6.45, 7) is 2.37. The van der Waals surface area contributed by atoms with Gasteiger partial charge in [-0.3, -0.25) is 4.90 Å². The summed E-state index contributed by atoms with van der Waals surface area (Å²) in [5, 5.41) is 12.4. The maximum Gasteiger partial charge on any atom is 0.182 e. The molecule has 0 aromatic carbocycles. The average molecular weight is 243 g/mol. The van der Waals surface area contributed by atoms with E-state index in [1.807, 2.05) is 0 Å². The SMILES string of the molecule is N#Cc1nccnc1NC1CCN2CCCCC12. The second-order valence-corrected chi connectivity index (χ2v) is 5.00. The van der Waals surface area contributed by atoms with E-state index in [0.717, 1.165) is 13.0 Å². The van der Waals surface area contributed by atoms with Gasteiger partial charge >= 0.3 is 0 Å². The van der Waals surface area contributed by atoms with Crippen LogP contribution in [-0.2, 0) is 0 Å². The molecule has 0 bridgehead atoms. The number of nitriles is 1. The Morgan fingerprint density at radius 3 is 3.00 bits per heavy atom. The van der Waals surface area contributed by atoms with Crippen LogP contribution in [0.3, 0.4) is 0 Å². The minimum absolute atomic E-state index is 0.395. The largest absolute Gasteiger partial charge is 0.363 e. The van der Waals surface area contributed by atoms with Crippen molar-refractivity contribution in [3.8, 4) is 6.07 Å². The standard InChI is InChI=1S/C13H17N5/c14-9-11-13(16-6-5-15-11)17-10-4-8-18-7-2-1-3-12(10)18/h5-6,10,12H,1-4,7-8H2,(H,16,17). The highest BCUT2D eigenvalue weighted by molar-refractivity contribution is 5.47. The lowest BCUT2D eigenvalue weighted by molar-refractivity contribution is 0.192. The van der Waals surface area contributed by atoms with Crippen LogP contribution in [0.2, 0.25) is 0 Å². The van der Waals surface area contributed by atoms with Crippen molar-refractivity contribution in [1.82, 2.24) is 14.9 Å². The molecule has 3 rings (SSSR count). The molecule has 3 heterocycles. The molecular weight excluding hydrogens is 226 g/mol. The summed E-state index contributed by atoms with van der Waals surface area (Å²) in [5.41, 5.74) is 0.395. The fourth-order valence-corrected chi connectivity index (χ4v) is 3.12. The molecule has 1 aromatic rings. The average Bonchev–Trinajstić information content (AvgIpc) is 2.83. The normalized spacial score (nSPS) is 27.5. The molecule has 2 aliphatic rings. The molecule has 94 valence electrons. The molecule has 0 aliphatic carbocycles. The summed E-state index contributed by atoms with van der Waals surface area (Å²) in [4.78, 5) is 10.8. The van der Waals surface area contributed by atoms with Gasteiger partial charge in [0.1, 0.15) is 6.07 Å². The molecule has 2 saturated heterocycles. The van der Waals surface area contributed by atoms with Gasteiger partial charge in [-0.25, -0.2) is 9.97 Å². The molecule has 0 radical (unpaired) electrons. The smallest absolute Gasteiger partial charge is 0.182 e. The highest BCUT2D eigenvalue weighted by Gasteiger charge is 2.35. The van der Waals surface area contributed by atoms with E-state index in [2.05, 4.69) is 26.3 Å². The van der Waals surface area contributed by atoms with Crippen LogP contribution in [0.15, 0.2) is 12.4 Å². The summed E-state index contributed by atoms with van der Waals surface area (Å²) < 4.78 is 0. The predicted octanol–water partition coefficient (Wildman–Crippen LogP) is 1.39. The summed E-state index contributed by atoms with van der Waals surface area (Å²) in [7, 11) is 0. The van der Waals surface area contributed by atoms with Crippen molar-refractivity contribution in [2.24, 2.45) is 0 Å². The Morgan fingerprint density at radius 1 is 1.22 bits per heavy atom. The summed E-state index contributed by atoms with van der Waals surface area (Å²) in [6, 6.07) is 3.11. The van der Waals surface area contributed by atoms with E-state index in [4.69, 9.17) is 5.26 Å². The van der Waals surface area contributed by atoms with E-state index >= 15 is 0 Å². The van der Waals surface area contributed by atoms with E-state index in [1.165, 1.54) is 25.8 Å². The number of hydrogen-bond acceptors (Lipinski definition) is 5. The van der Waals surface area contributed by atoms with Crippen LogP contribution in [-0.4, -0.2) is 40.0 Å². The van der Waals surface area contributed by atoms with Crippen molar-refractivity contribution >= 4 is 5.82 Å². The Kier molecular flexibility index (Phi) is 3.11. The third kappa shape index (κ3) is 2.04. The molecule has 5 nitrogen and oxygen atoms in total. The highest BCUT2D eigenvalue weighted by Crippen LogP contribution is 2.29. The van der Waals surface area contributed by atoms with Gasteiger partial charge in [-0.1, -0.05) is 6.42 Å². The van der Waals surface area contributed by atoms with Gasteiger partial charge in [-0.2, -0.15) is 5.26 Å². The van der Waals surface area contributed by atoms with E-state index in [0.29, 0.717) is 23.6 Å². The third-order valence-electron chi connectivity index (χ3n) is 3.98. The van der Waals surface area contributed by atoms with Crippen molar-refractivity contribution in [3.05, 3.63) is 18.1 Å². The quantitative estimate of drug-likeness (QED) is 0.850. The van der Waals surface area contributed by atoms with Crippen LogP contribution < -0.4 is 5.32 Å². The van der Waals surface area contributed by atoms with Gasteiger partial charge in [0.15, 0.2) is 11.5 Å². The molecule has 2 atom stereocenters. The first-order valence-corrected chi connectivity index (χ1v) is 6.60. The zero-order chi connectivity index (χ0) is 12.4. The number of nitrogens with one attached hydrogen (secondary N) is 1. The number of hydrogen-bond donors (Lipinski definition) is 1. The topological polar surface area (TPSA) is 64.8 Å². The lowest BCUT2D eigenvalue weighted by Gasteiger charge is -2.32. The summed E-state index contributed by atoms with van der Waals surface area (Å²) in [6.07, 6.45) is 8.21. The molecule has 5 heteroatoms. The number of piperidine rings is 1. The molecule has 0 spiro atoms. The van der Waals surface area contributed by atoms with Gasteiger partial charge < -0.3 is 5.32 Å². The van der Waals surface area contributed by atoms with Gasteiger partial charge in [-0.15, -0.1) is 0 Å². The number of aromatic nitrogens is 2. The predicted molar refractivity (Wildman–Crippen MR) is 68.0 cm³/mol. The highest BCUT2D eigenvalue weighted by atomic mass is 15.2. The first-order chi connectivity index (χ1) is 8.88. The fraction of sp³-hybridized carbons (Fsp3) is 0.615. The molecule has 18 heavy (non-hydrogen) atoms. The summed E-state index contributed by atoms with van der Waals surface area (Å²) >= 11 is 0. The second kappa shape index (κ2) is 4.91. The number of nitrogens with zero attached hydrogens (tertiary/aromatic N) is 4. The molecule has 2 fully saturated rings. The van der Waals surface area contributed by atoms with E-state index in [-0.39, 0.29) is 0 Å². The van der Waals surface area contributed by atoms with E-state index < -0.39 is 0 Å². The molecule has 1 N–H and O–H groups in total. The maximum atomic E-state index is 9.02. The van der Waals surface area contributed by atoms with E-state index in [9.17, 15) is 0 Å². The van der Waals surface area contributed by atoms with Crippen LogP contribution in [0.4, 0.5) is 5.82 Å². The van der Waals surface area contributed by atoms with Crippen molar-refractivity contribution in [1.29, 1.82) is 5.26 Å². The first-order valence-electron chi connectivity index (χ1n) is 6.60. The van der Waals surface area contributed by atoms with Crippen molar-refractivity contribution in [3.63, 3.8) is 0 Å². The lowest BCUT2D eigenvalue weighted by atomic mass is 9.99. The first kappa shape index (κ1) is 11.4. The van der Waals surface area contributed by atoms with Gasteiger partial charge in [0.05, 0.1) is 0 Å².